The summed E-state index contributed by atoms with van der Waals surface area (Å²) in [4.78, 5) is 2.45. The molecular formula is C26H32F2N2O2S. The van der Waals surface area contributed by atoms with Crippen molar-refractivity contribution in [3.05, 3.63) is 70.3 Å². The maximum absolute atomic E-state index is 14.9. The van der Waals surface area contributed by atoms with Gasteiger partial charge in [-0.2, -0.15) is 0 Å². The Balaban J connectivity index is 1.33. The molecule has 2 unspecified atom stereocenters. The van der Waals surface area contributed by atoms with Crippen LogP contribution in [-0.2, 0) is 29.3 Å². The predicted molar refractivity (Wildman–Crippen MR) is 126 cm³/mol. The average Bonchev–Trinajstić information content (AvgIpc) is 3.47. The second kappa shape index (κ2) is 9.43. The summed E-state index contributed by atoms with van der Waals surface area (Å²) in [5.41, 5.74) is 3.69. The first-order valence-corrected chi connectivity index (χ1v) is 13.8. The van der Waals surface area contributed by atoms with Gasteiger partial charge >= 0.3 is 0 Å². The van der Waals surface area contributed by atoms with Crippen LogP contribution in [0.1, 0.15) is 47.4 Å². The number of sulfonamides is 1. The molecule has 1 saturated heterocycles. The third-order valence-electron chi connectivity index (χ3n) is 7.41. The second-order valence-electron chi connectivity index (χ2n) is 10.1. The fourth-order valence-electron chi connectivity index (χ4n) is 5.35. The lowest BCUT2D eigenvalue weighted by Crippen LogP contribution is -2.41. The largest absolute Gasteiger partial charge is 0.303 e. The van der Waals surface area contributed by atoms with Gasteiger partial charge in [0, 0.05) is 13.1 Å². The van der Waals surface area contributed by atoms with E-state index in [4.69, 9.17) is 0 Å². The molecule has 2 fully saturated rings. The van der Waals surface area contributed by atoms with E-state index in [1.165, 1.54) is 12.5 Å². The number of likely N-dealkylation sites (tertiary alicyclic amines) is 1. The Hall–Kier alpha value is -1.83. The lowest BCUT2D eigenvalue weighted by atomic mass is 9.85. The highest BCUT2D eigenvalue weighted by Crippen LogP contribution is 2.42. The van der Waals surface area contributed by atoms with Gasteiger partial charge in [0.2, 0.25) is 10.0 Å². The van der Waals surface area contributed by atoms with Crippen molar-refractivity contribution in [2.45, 2.75) is 44.4 Å². The van der Waals surface area contributed by atoms with E-state index in [9.17, 15) is 17.2 Å². The van der Waals surface area contributed by atoms with Gasteiger partial charge in [-0.1, -0.05) is 18.2 Å². The van der Waals surface area contributed by atoms with Crippen molar-refractivity contribution in [2.75, 3.05) is 31.9 Å². The zero-order chi connectivity index (χ0) is 23.0. The van der Waals surface area contributed by atoms with E-state index in [0.29, 0.717) is 17.9 Å². The van der Waals surface area contributed by atoms with E-state index >= 15 is 0 Å². The molecule has 1 heterocycles. The van der Waals surface area contributed by atoms with Crippen LogP contribution < -0.4 is 4.72 Å². The Kier molecular flexibility index (Phi) is 6.56. The van der Waals surface area contributed by atoms with Gasteiger partial charge in [-0.05, 0) is 110 Å². The first kappa shape index (κ1) is 22.9. The number of halogens is 2. The maximum Gasteiger partial charge on any atom is 0.211 e. The topological polar surface area (TPSA) is 49.4 Å². The van der Waals surface area contributed by atoms with E-state index in [1.807, 2.05) is 12.1 Å². The summed E-state index contributed by atoms with van der Waals surface area (Å²) in [5.74, 6) is 0.537. The van der Waals surface area contributed by atoms with Gasteiger partial charge < -0.3 is 4.90 Å². The van der Waals surface area contributed by atoms with E-state index in [2.05, 4.69) is 9.62 Å². The maximum atomic E-state index is 14.9. The quantitative estimate of drug-likeness (QED) is 0.566. The van der Waals surface area contributed by atoms with E-state index in [1.54, 1.807) is 18.2 Å². The molecular weight excluding hydrogens is 442 g/mol. The Morgan fingerprint density at radius 2 is 1.91 bits per heavy atom. The van der Waals surface area contributed by atoms with Crippen LogP contribution in [0.3, 0.4) is 0 Å². The van der Waals surface area contributed by atoms with Gasteiger partial charge in [0.25, 0.3) is 0 Å². The Labute approximate surface area is 195 Å². The average molecular weight is 475 g/mol. The summed E-state index contributed by atoms with van der Waals surface area (Å²) >= 11 is 0. The number of fused-ring (bicyclic) bond motifs is 1. The summed E-state index contributed by atoms with van der Waals surface area (Å²) in [6.45, 7) is 3.41. The van der Waals surface area contributed by atoms with E-state index in [-0.39, 0.29) is 35.8 Å². The number of hydrogen-bond donors (Lipinski definition) is 1. The minimum absolute atomic E-state index is 0.174. The van der Waals surface area contributed by atoms with Crippen LogP contribution in [0, 0.1) is 23.5 Å². The van der Waals surface area contributed by atoms with Crippen LogP contribution in [0.5, 0.6) is 0 Å². The first-order chi connectivity index (χ1) is 15.9. The van der Waals surface area contributed by atoms with Crippen molar-refractivity contribution in [2.24, 2.45) is 11.8 Å². The standard InChI is InChI=1S/C26H32F2N2O2S/c27-23-4-1-3-19(11-23)12-24-22(16-30-9-2-10-30)13-21-15-26(28)20(14-25(21)24)7-8-29-33(31,32)17-18-5-6-18/h1,3-4,11,14-15,18,22,24,29H,2,5-10,12-13,16-17H2. The molecule has 5 rings (SSSR count). The fourth-order valence-corrected chi connectivity index (χ4v) is 6.83. The minimum Gasteiger partial charge on any atom is -0.303 e. The van der Waals surface area contributed by atoms with Crippen molar-refractivity contribution in [1.29, 1.82) is 0 Å². The van der Waals surface area contributed by atoms with Crippen LogP contribution in [-0.4, -0.2) is 45.2 Å². The lowest BCUT2D eigenvalue weighted by Gasteiger charge is -2.35. The molecule has 3 aliphatic rings. The Morgan fingerprint density at radius 3 is 2.61 bits per heavy atom. The number of nitrogens with zero attached hydrogens (tertiary/aromatic N) is 1. The molecule has 2 aliphatic carbocycles. The van der Waals surface area contributed by atoms with Crippen molar-refractivity contribution >= 4 is 10.0 Å². The van der Waals surface area contributed by atoms with Gasteiger partial charge in [-0.3, -0.25) is 0 Å². The zero-order valence-electron chi connectivity index (χ0n) is 18.9. The second-order valence-corrected chi connectivity index (χ2v) is 11.9. The Bertz CT molecular complexity index is 1110. The molecule has 2 aromatic rings. The van der Waals surface area contributed by atoms with Gasteiger partial charge in [-0.25, -0.2) is 21.9 Å². The van der Waals surface area contributed by atoms with Crippen LogP contribution >= 0.6 is 0 Å². The van der Waals surface area contributed by atoms with E-state index in [0.717, 1.165) is 62.0 Å². The molecule has 2 aromatic carbocycles. The predicted octanol–water partition coefficient (Wildman–Crippen LogP) is 4.04. The highest BCUT2D eigenvalue weighted by atomic mass is 32.2. The van der Waals surface area contributed by atoms with Crippen LogP contribution in [0.15, 0.2) is 36.4 Å². The summed E-state index contributed by atoms with van der Waals surface area (Å²) in [6.07, 6.45) is 5.06. The van der Waals surface area contributed by atoms with Gasteiger partial charge in [-0.15, -0.1) is 0 Å². The number of hydrogen-bond acceptors (Lipinski definition) is 3. The van der Waals surface area contributed by atoms with Crippen molar-refractivity contribution in [1.82, 2.24) is 9.62 Å². The van der Waals surface area contributed by atoms with E-state index < -0.39 is 10.0 Å². The molecule has 0 radical (unpaired) electrons. The molecule has 0 amide bonds. The number of nitrogens with one attached hydrogen (secondary N) is 1. The normalized spacial score (nSPS) is 22.8. The van der Waals surface area contributed by atoms with Crippen LogP contribution in [0.2, 0.25) is 0 Å². The lowest BCUT2D eigenvalue weighted by molar-refractivity contribution is 0.145. The summed E-state index contributed by atoms with van der Waals surface area (Å²) in [5, 5.41) is 0. The highest BCUT2D eigenvalue weighted by Gasteiger charge is 2.35. The third kappa shape index (κ3) is 5.64. The summed E-state index contributed by atoms with van der Waals surface area (Å²) < 4.78 is 55.7. The van der Waals surface area contributed by atoms with Gasteiger partial charge in [0.05, 0.1) is 5.75 Å². The highest BCUT2D eigenvalue weighted by molar-refractivity contribution is 7.89. The molecule has 33 heavy (non-hydrogen) atoms. The molecule has 178 valence electrons. The molecule has 0 bridgehead atoms. The molecule has 0 aromatic heterocycles. The Morgan fingerprint density at radius 1 is 1.09 bits per heavy atom. The molecule has 0 spiro atoms. The fraction of sp³-hybridized carbons (Fsp3) is 0.538. The molecule has 4 nitrogen and oxygen atoms in total. The minimum atomic E-state index is -3.30. The van der Waals surface area contributed by atoms with Gasteiger partial charge in [0.1, 0.15) is 11.6 Å². The van der Waals surface area contributed by atoms with Crippen molar-refractivity contribution in [3.8, 4) is 0 Å². The first-order valence-electron chi connectivity index (χ1n) is 12.1. The van der Waals surface area contributed by atoms with Crippen molar-refractivity contribution < 1.29 is 17.2 Å². The van der Waals surface area contributed by atoms with Crippen LogP contribution in [0.4, 0.5) is 8.78 Å². The molecule has 1 N–H and O–H groups in total. The molecule has 7 heteroatoms. The molecule has 2 atom stereocenters. The molecule has 1 aliphatic heterocycles. The van der Waals surface area contributed by atoms with Gasteiger partial charge in [0.15, 0.2) is 0 Å². The number of benzene rings is 2. The SMILES string of the molecule is O=S(=O)(CC1CC1)NCCc1cc2c(cc1F)CC(CN1CCC1)C2Cc1cccc(F)c1. The molecule has 1 saturated carbocycles. The van der Waals surface area contributed by atoms with Crippen molar-refractivity contribution in [3.63, 3.8) is 0 Å². The third-order valence-corrected chi connectivity index (χ3v) is 8.97. The summed E-state index contributed by atoms with van der Waals surface area (Å²) in [6, 6.07) is 10.4. The zero-order valence-corrected chi connectivity index (χ0v) is 19.7. The summed E-state index contributed by atoms with van der Waals surface area (Å²) in [7, 11) is -3.30. The number of rotatable bonds is 10. The monoisotopic (exact) mass is 474 g/mol. The smallest absolute Gasteiger partial charge is 0.211 e. The van der Waals surface area contributed by atoms with Crippen LogP contribution in [0.25, 0.3) is 0 Å².